The van der Waals surface area contributed by atoms with Gasteiger partial charge in [0.25, 0.3) is 5.91 Å². The minimum Gasteiger partial charge on any atom is -0.354 e. The van der Waals surface area contributed by atoms with Gasteiger partial charge in [-0.3, -0.25) is 14.2 Å². The fourth-order valence-electron chi connectivity index (χ4n) is 5.87. The first-order valence-corrected chi connectivity index (χ1v) is 12.5. The summed E-state index contributed by atoms with van der Waals surface area (Å²) in [4.78, 5) is 40.9. The first-order valence-electron chi connectivity index (χ1n) is 12.5. The summed E-state index contributed by atoms with van der Waals surface area (Å²) in [6.07, 6.45) is 8.67. The summed E-state index contributed by atoms with van der Waals surface area (Å²) in [5.41, 5.74) is 0.597. The Morgan fingerprint density at radius 2 is 1.88 bits per heavy atom. The maximum Gasteiger partial charge on any atom is 0.345 e. The van der Waals surface area contributed by atoms with E-state index in [4.69, 9.17) is 0 Å². The highest BCUT2D eigenvalue weighted by atomic mass is 16.2. The second kappa shape index (κ2) is 9.53. The molecule has 2 aliphatic heterocycles. The smallest absolute Gasteiger partial charge is 0.345 e. The van der Waals surface area contributed by atoms with Crippen molar-refractivity contribution in [2.45, 2.75) is 83.0 Å². The Bertz CT molecular complexity index is 1060. The quantitative estimate of drug-likeness (QED) is 0.683. The summed E-state index contributed by atoms with van der Waals surface area (Å²) in [5.74, 6) is 1.15. The number of nitrogens with zero attached hydrogens (tertiary/aromatic N) is 4. The van der Waals surface area contributed by atoms with Crippen LogP contribution in [0.5, 0.6) is 0 Å². The van der Waals surface area contributed by atoms with Crippen LogP contribution in [0.1, 0.15) is 67.5 Å². The minimum atomic E-state index is -0.423. The molecule has 1 saturated heterocycles. The zero-order chi connectivity index (χ0) is 22.8. The lowest BCUT2D eigenvalue weighted by Gasteiger charge is -2.33. The van der Waals surface area contributed by atoms with E-state index in [-0.39, 0.29) is 23.5 Å². The second-order valence-electron chi connectivity index (χ2n) is 9.62. The average Bonchev–Trinajstić information content (AvgIpc) is 3.40. The predicted molar refractivity (Wildman–Crippen MR) is 124 cm³/mol. The van der Waals surface area contributed by atoms with E-state index in [0.29, 0.717) is 31.0 Å². The number of nitrogens with one attached hydrogen (secondary N) is 1. The van der Waals surface area contributed by atoms with Gasteiger partial charge in [0.2, 0.25) is 5.91 Å². The van der Waals surface area contributed by atoms with Crippen LogP contribution in [0.4, 0.5) is 0 Å². The molecule has 3 heterocycles. The average molecular weight is 452 g/mol. The molecule has 8 heteroatoms. The first kappa shape index (κ1) is 21.9. The monoisotopic (exact) mass is 451 g/mol. The third-order valence-corrected chi connectivity index (χ3v) is 7.52. The van der Waals surface area contributed by atoms with Crippen LogP contribution in [0.3, 0.4) is 0 Å². The van der Waals surface area contributed by atoms with Crippen molar-refractivity contribution in [1.82, 2.24) is 24.6 Å². The predicted octanol–water partition coefficient (Wildman–Crippen LogP) is 2.36. The number of rotatable bonds is 6. The number of fused-ring (bicyclic) bond motifs is 2. The van der Waals surface area contributed by atoms with Gasteiger partial charge in [0.1, 0.15) is 11.9 Å². The summed E-state index contributed by atoms with van der Waals surface area (Å²) in [6.45, 7) is 1.70. The Balaban J connectivity index is 1.22. The SMILES string of the molecule is O=C(NCCCn1nc2n(c1=O)CCCC2)C1CC2CCCCC2N1C(=O)c1ccccc1. The Kier molecular flexibility index (Phi) is 6.33. The summed E-state index contributed by atoms with van der Waals surface area (Å²) in [6, 6.07) is 9.02. The second-order valence-corrected chi connectivity index (χ2v) is 9.62. The first-order chi connectivity index (χ1) is 16.1. The van der Waals surface area contributed by atoms with Gasteiger partial charge in [0.15, 0.2) is 0 Å². The largest absolute Gasteiger partial charge is 0.354 e. The van der Waals surface area contributed by atoms with Crippen LogP contribution < -0.4 is 11.0 Å². The molecule has 5 rings (SSSR count). The van der Waals surface area contributed by atoms with Crippen LogP contribution in [-0.4, -0.2) is 49.7 Å². The standard InChI is InChI=1S/C25H33N5O3/c31-23(26-14-8-16-29-25(33)28-15-7-6-13-22(28)27-29)21-17-19-11-4-5-12-20(19)30(21)24(32)18-9-2-1-3-10-18/h1-3,9-10,19-21H,4-8,11-17H2,(H,26,31). The minimum absolute atomic E-state index is 0.0414. The van der Waals surface area contributed by atoms with Crippen molar-refractivity contribution < 1.29 is 9.59 Å². The third kappa shape index (κ3) is 4.35. The van der Waals surface area contributed by atoms with E-state index < -0.39 is 6.04 Å². The van der Waals surface area contributed by atoms with Gasteiger partial charge in [0, 0.05) is 37.7 Å². The number of carbonyl (C=O) groups excluding carboxylic acids is 2. The van der Waals surface area contributed by atoms with Gasteiger partial charge in [0.05, 0.1) is 0 Å². The van der Waals surface area contributed by atoms with Crippen LogP contribution in [0.25, 0.3) is 0 Å². The van der Waals surface area contributed by atoms with Gasteiger partial charge in [-0.25, -0.2) is 9.48 Å². The maximum atomic E-state index is 13.4. The fraction of sp³-hybridized carbons (Fsp3) is 0.600. The summed E-state index contributed by atoms with van der Waals surface area (Å²) < 4.78 is 3.30. The van der Waals surface area contributed by atoms with Crippen molar-refractivity contribution in [1.29, 1.82) is 0 Å². The lowest BCUT2D eigenvalue weighted by atomic mass is 9.84. The molecular weight excluding hydrogens is 418 g/mol. The molecular formula is C25H33N5O3. The topological polar surface area (TPSA) is 89.2 Å². The highest BCUT2D eigenvalue weighted by Gasteiger charge is 2.47. The van der Waals surface area contributed by atoms with Crippen LogP contribution in [-0.2, 0) is 24.3 Å². The Morgan fingerprint density at radius 3 is 2.70 bits per heavy atom. The van der Waals surface area contributed by atoms with Gasteiger partial charge in [-0.1, -0.05) is 31.0 Å². The Morgan fingerprint density at radius 1 is 1.06 bits per heavy atom. The van der Waals surface area contributed by atoms with Crippen molar-refractivity contribution in [2.75, 3.05) is 6.54 Å². The lowest BCUT2D eigenvalue weighted by Crippen LogP contribution is -2.49. The molecule has 0 radical (unpaired) electrons. The molecule has 2 aromatic rings. The Labute approximate surface area is 194 Å². The third-order valence-electron chi connectivity index (χ3n) is 7.52. The van der Waals surface area contributed by atoms with Gasteiger partial charge in [-0.15, -0.1) is 0 Å². The Hall–Kier alpha value is -2.90. The number of aryl methyl sites for hydroxylation is 2. The number of carbonyl (C=O) groups is 2. The van der Waals surface area contributed by atoms with Crippen LogP contribution >= 0.6 is 0 Å². The number of amides is 2. The molecule has 1 aliphatic carbocycles. The van der Waals surface area contributed by atoms with Gasteiger partial charge in [-0.05, 0) is 56.6 Å². The molecule has 3 unspecified atom stereocenters. The summed E-state index contributed by atoms with van der Waals surface area (Å²) in [5, 5.41) is 7.50. The van der Waals surface area contributed by atoms with Crippen molar-refractivity contribution >= 4 is 11.8 Å². The van der Waals surface area contributed by atoms with E-state index in [1.165, 1.54) is 11.1 Å². The molecule has 2 amide bonds. The van der Waals surface area contributed by atoms with E-state index in [9.17, 15) is 14.4 Å². The molecule has 8 nitrogen and oxygen atoms in total. The zero-order valence-electron chi connectivity index (χ0n) is 19.1. The molecule has 1 aromatic heterocycles. The molecule has 33 heavy (non-hydrogen) atoms. The van der Waals surface area contributed by atoms with Crippen LogP contribution in [0.15, 0.2) is 35.1 Å². The molecule has 3 aliphatic rings. The van der Waals surface area contributed by atoms with Gasteiger partial charge >= 0.3 is 5.69 Å². The van der Waals surface area contributed by atoms with Crippen molar-refractivity contribution in [3.63, 3.8) is 0 Å². The number of aromatic nitrogens is 3. The molecule has 0 spiro atoms. The molecule has 176 valence electrons. The summed E-state index contributed by atoms with van der Waals surface area (Å²) >= 11 is 0. The zero-order valence-corrected chi connectivity index (χ0v) is 19.1. The lowest BCUT2D eigenvalue weighted by molar-refractivity contribution is -0.125. The van der Waals surface area contributed by atoms with Crippen molar-refractivity contribution in [3.05, 3.63) is 52.2 Å². The van der Waals surface area contributed by atoms with E-state index in [1.807, 2.05) is 35.2 Å². The molecule has 1 aromatic carbocycles. The highest BCUT2D eigenvalue weighted by molar-refractivity contribution is 5.98. The summed E-state index contributed by atoms with van der Waals surface area (Å²) in [7, 11) is 0. The van der Waals surface area contributed by atoms with Crippen molar-refractivity contribution in [2.24, 2.45) is 5.92 Å². The number of benzene rings is 1. The van der Waals surface area contributed by atoms with E-state index in [0.717, 1.165) is 57.3 Å². The number of hydrogen-bond acceptors (Lipinski definition) is 4. The molecule has 3 atom stereocenters. The van der Waals surface area contributed by atoms with E-state index in [1.54, 1.807) is 4.57 Å². The van der Waals surface area contributed by atoms with Crippen LogP contribution in [0.2, 0.25) is 0 Å². The van der Waals surface area contributed by atoms with Crippen molar-refractivity contribution in [3.8, 4) is 0 Å². The molecule has 1 N–H and O–H groups in total. The highest BCUT2D eigenvalue weighted by Crippen LogP contribution is 2.40. The van der Waals surface area contributed by atoms with Gasteiger partial charge < -0.3 is 10.2 Å². The molecule has 0 bridgehead atoms. The van der Waals surface area contributed by atoms with Gasteiger partial charge in [-0.2, -0.15) is 5.10 Å². The number of hydrogen-bond donors (Lipinski definition) is 1. The van der Waals surface area contributed by atoms with Crippen LogP contribution in [0, 0.1) is 5.92 Å². The molecule has 1 saturated carbocycles. The normalized spacial score (nSPS) is 24.2. The maximum absolute atomic E-state index is 13.4. The number of likely N-dealkylation sites (tertiary alicyclic amines) is 1. The molecule has 2 fully saturated rings. The van der Waals surface area contributed by atoms with E-state index >= 15 is 0 Å². The fourth-order valence-corrected chi connectivity index (χ4v) is 5.87. The van der Waals surface area contributed by atoms with E-state index in [2.05, 4.69) is 10.4 Å².